The van der Waals surface area contributed by atoms with Gasteiger partial charge in [-0.15, -0.1) is 0 Å². The molecule has 0 radical (unpaired) electrons. The van der Waals surface area contributed by atoms with Crippen LogP contribution in [-0.4, -0.2) is 29.8 Å². The first-order chi connectivity index (χ1) is 6.76. The van der Waals surface area contributed by atoms with E-state index in [1.165, 1.54) is 25.7 Å². The molecule has 0 aliphatic heterocycles. The summed E-state index contributed by atoms with van der Waals surface area (Å²) in [6, 6.07) is 0. The predicted octanol–water partition coefficient (Wildman–Crippen LogP) is 3.21. The Hall–Kier alpha value is -0.310. The maximum atomic E-state index is 5.36. The van der Waals surface area contributed by atoms with E-state index in [1.54, 1.807) is 0 Å². The summed E-state index contributed by atoms with van der Waals surface area (Å²) >= 11 is 5.21. The van der Waals surface area contributed by atoms with Crippen molar-refractivity contribution in [3.05, 3.63) is 0 Å². The summed E-state index contributed by atoms with van der Waals surface area (Å²) in [7, 11) is 0. The zero-order chi connectivity index (χ0) is 10.8. The lowest BCUT2D eigenvalue weighted by atomic mass is 10.3. The Labute approximate surface area is 93.6 Å². The highest BCUT2D eigenvalue weighted by Crippen LogP contribution is 2.02. The van der Waals surface area contributed by atoms with Crippen molar-refractivity contribution in [2.24, 2.45) is 0 Å². The van der Waals surface area contributed by atoms with Gasteiger partial charge in [-0.2, -0.15) is 0 Å². The maximum absolute atomic E-state index is 5.36. The second-order valence-corrected chi connectivity index (χ2v) is 3.74. The average molecular weight is 217 g/mol. The molecule has 84 valence electrons. The van der Waals surface area contributed by atoms with Crippen molar-refractivity contribution >= 4 is 17.4 Å². The van der Waals surface area contributed by atoms with Crippen molar-refractivity contribution in [1.29, 1.82) is 0 Å². The second kappa shape index (κ2) is 9.25. The SMILES string of the molecule is CCCCN(CCCC)C(=S)OCC. The fraction of sp³-hybridized carbons (Fsp3) is 0.909. The number of unbranched alkanes of at least 4 members (excludes halogenated alkanes) is 2. The Kier molecular flexibility index (Phi) is 9.05. The third kappa shape index (κ3) is 6.19. The molecule has 0 rings (SSSR count). The van der Waals surface area contributed by atoms with E-state index in [4.69, 9.17) is 17.0 Å². The summed E-state index contributed by atoms with van der Waals surface area (Å²) in [6.07, 6.45) is 4.79. The van der Waals surface area contributed by atoms with Gasteiger partial charge >= 0.3 is 0 Å². The molecular formula is C11H23NOS. The lowest BCUT2D eigenvalue weighted by Gasteiger charge is -2.24. The van der Waals surface area contributed by atoms with E-state index in [0.29, 0.717) is 11.8 Å². The minimum absolute atomic E-state index is 0.674. The van der Waals surface area contributed by atoms with Crippen LogP contribution in [0.5, 0.6) is 0 Å². The molecule has 3 heteroatoms. The Morgan fingerprint density at radius 1 is 1.07 bits per heavy atom. The third-order valence-corrected chi connectivity index (χ3v) is 2.47. The van der Waals surface area contributed by atoms with E-state index in [0.717, 1.165) is 13.1 Å². The van der Waals surface area contributed by atoms with Crippen LogP contribution in [0, 0.1) is 0 Å². The predicted molar refractivity (Wildman–Crippen MR) is 65.6 cm³/mol. The number of nitrogens with zero attached hydrogens (tertiary/aromatic N) is 1. The van der Waals surface area contributed by atoms with Crippen molar-refractivity contribution in [1.82, 2.24) is 4.90 Å². The zero-order valence-electron chi connectivity index (χ0n) is 9.71. The summed E-state index contributed by atoms with van der Waals surface area (Å²) in [5.74, 6) is 0. The maximum Gasteiger partial charge on any atom is 0.259 e. The molecule has 0 bridgehead atoms. The summed E-state index contributed by atoms with van der Waals surface area (Å²) in [6.45, 7) is 9.12. The van der Waals surface area contributed by atoms with Gasteiger partial charge in [-0.1, -0.05) is 26.7 Å². The first-order valence-electron chi connectivity index (χ1n) is 5.67. The largest absolute Gasteiger partial charge is 0.471 e. The molecule has 2 nitrogen and oxygen atoms in total. The van der Waals surface area contributed by atoms with Gasteiger partial charge in [-0.25, -0.2) is 0 Å². The van der Waals surface area contributed by atoms with Crippen LogP contribution in [0.25, 0.3) is 0 Å². The van der Waals surface area contributed by atoms with Crippen molar-refractivity contribution in [2.75, 3.05) is 19.7 Å². The van der Waals surface area contributed by atoms with Crippen LogP contribution in [0.1, 0.15) is 46.5 Å². The highest BCUT2D eigenvalue weighted by atomic mass is 32.1. The molecule has 0 atom stereocenters. The van der Waals surface area contributed by atoms with Gasteiger partial charge in [-0.3, -0.25) is 0 Å². The Balaban J connectivity index is 3.88. The number of ether oxygens (including phenoxy) is 1. The molecule has 0 aromatic heterocycles. The zero-order valence-corrected chi connectivity index (χ0v) is 10.5. The molecule has 0 saturated carbocycles. The summed E-state index contributed by atoms with van der Waals surface area (Å²) < 4.78 is 5.36. The van der Waals surface area contributed by atoms with Crippen molar-refractivity contribution in [3.8, 4) is 0 Å². The van der Waals surface area contributed by atoms with E-state index in [9.17, 15) is 0 Å². The fourth-order valence-electron chi connectivity index (χ4n) is 1.21. The smallest absolute Gasteiger partial charge is 0.259 e. The molecule has 0 aliphatic rings. The third-order valence-electron chi connectivity index (χ3n) is 2.09. The molecule has 0 spiro atoms. The number of rotatable bonds is 7. The minimum Gasteiger partial charge on any atom is -0.471 e. The van der Waals surface area contributed by atoms with Gasteiger partial charge in [0.05, 0.1) is 6.61 Å². The molecule has 0 saturated heterocycles. The Morgan fingerprint density at radius 2 is 1.57 bits per heavy atom. The van der Waals surface area contributed by atoms with Crippen LogP contribution in [0.4, 0.5) is 0 Å². The van der Waals surface area contributed by atoms with Gasteiger partial charge in [0.25, 0.3) is 5.17 Å². The highest BCUT2D eigenvalue weighted by molar-refractivity contribution is 7.80. The number of hydrogen-bond donors (Lipinski definition) is 0. The molecular weight excluding hydrogens is 194 g/mol. The highest BCUT2D eigenvalue weighted by Gasteiger charge is 2.08. The van der Waals surface area contributed by atoms with E-state index in [-0.39, 0.29) is 0 Å². The quantitative estimate of drug-likeness (QED) is 0.608. The molecule has 0 unspecified atom stereocenters. The van der Waals surface area contributed by atoms with E-state index >= 15 is 0 Å². The minimum atomic E-state index is 0.674. The van der Waals surface area contributed by atoms with Crippen LogP contribution in [0.3, 0.4) is 0 Å². The summed E-state index contributed by atoms with van der Waals surface area (Å²) in [5.41, 5.74) is 0. The van der Waals surface area contributed by atoms with Gasteiger partial charge in [0, 0.05) is 13.1 Å². The lowest BCUT2D eigenvalue weighted by molar-refractivity contribution is 0.250. The van der Waals surface area contributed by atoms with Gasteiger partial charge in [-0.05, 0) is 32.0 Å². The molecule has 0 aromatic carbocycles. The second-order valence-electron chi connectivity index (χ2n) is 3.39. The van der Waals surface area contributed by atoms with Gasteiger partial charge in [0.15, 0.2) is 0 Å². The summed E-state index contributed by atoms with van der Waals surface area (Å²) in [4.78, 5) is 2.19. The molecule has 0 aliphatic carbocycles. The van der Waals surface area contributed by atoms with Crippen molar-refractivity contribution < 1.29 is 4.74 Å². The normalized spacial score (nSPS) is 9.93. The number of thiocarbonyl (C=S) groups is 1. The fourth-order valence-corrected chi connectivity index (χ4v) is 1.51. The first kappa shape index (κ1) is 13.7. The van der Waals surface area contributed by atoms with Crippen molar-refractivity contribution in [3.63, 3.8) is 0 Å². The molecule has 0 fully saturated rings. The average Bonchev–Trinajstić information content (AvgIpc) is 2.18. The number of hydrogen-bond acceptors (Lipinski definition) is 2. The monoisotopic (exact) mass is 217 g/mol. The van der Waals surface area contributed by atoms with Crippen LogP contribution < -0.4 is 0 Å². The molecule has 0 aromatic rings. The Morgan fingerprint density at radius 3 is 1.93 bits per heavy atom. The Bertz CT molecular complexity index is 142. The van der Waals surface area contributed by atoms with E-state index in [2.05, 4.69) is 18.7 Å². The molecule has 0 N–H and O–H groups in total. The van der Waals surface area contributed by atoms with Gasteiger partial charge in [0.1, 0.15) is 0 Å². The van der Waals surface area contributed by atoms with Crippen LogP contribution >= 0.6 is 12.2 Å². The van der Waals surface area contributed by atoms with Crippen LogP contribution in [-0.2, 0) is 4.74 Å². The lowest BCUT2D eigenvalue weighted by Crippen LogP contribution is -2.33. The first-order valence-corrected chi connectivity index (χ1v) is 6.08. The van der Waals surface area contributed by atoms with Crippen LogP contribution in [0.2, 0.25) is 0 Å². The topological polar surface area (TPSA) is 12.5 Å². The van der Waals surface area contributed by atoms with E-state index in [1.807, 2.05) is 6.92 Å². The van der Waals surface area contributed by atoms with Crippen molar-refractivity contribution in [2.45, 2.75) is 46.5 Å². The van der Waals surface area contributed by atoms with Crippen LogP contribution in [0.15, 0.2) is 0 Å². The molecule has 0 amide bonds. The van der Waals surface area contributed by atoms with Gasteiger partial charge < -0.3 is 9.64 Å². The van der Waals surface area contributed by atoms with E-state index < -0.39 is 0 Å². The summed E-state index contributed by atoms with van der Waals surface area (Å²) in [5, 5.41) is 0.675. The molecule has 14 heavy (non-hydrogen) atoms. The standard InChI is InChI=1S/C11H23NOS/c1-4-7-9-12(10-8-5-2)11(14)13-6-3/h4-10H2,1-3H3. The molecule has 0 heterocycles. The van der Waals surface area contributed by atoms with Gasteiger partial charge in [0.2, 0.25) is 0 Å².